The zero-order valence-electron chi connectivity index (χ0n) is 27.4. The minimum absolute atomic E-state index is 0.594. The van der Waals surface area contributed by atoms with Crippen LogP contribution in [0.15, 0.2) is 161 Å². The third-order valence-corrected chi connectivity index (χ3v) is 11.3. The number of hydrogen-bond acceptors (Lipinski definition) is 7. The molecule has 1 aliphatic heterocycles. The Bertz CT molecular complexity index is 2820. The second-order valence-electron chi connectivity index (χ2n) is 13.0. The van der Waals surface area contributed by atoms with Gasteiger partial charge in [0.2, 0.25) is 0 Å². The highest BCUT2D eigenvalue weighted by molar-refractivity contribution is 8.08. The van der Waals surface area contributed by atoms with Crippen molar-refractivity contribution >= 4 is 27.6 Å². The lowest BCUT2D eigenvalue weighted by Crippen LogP contribution is -2.30. The van der Waals surface area contributed by atoms with Crippen molar-refractivity contribution in [3.05, 3.63) is 179 Å². The van der Waals surface area contributed by atoms with Gasteiger partial charge in [-0.15, -0.1) is 0 Å². The maximum atomic E-state index is 9.69. The Morgan fingerprint density at radius 1 is 0.596 bits per heavy atom. The van der Waals surface area contributed by atoms with Crippen LogP contribution in [0.25, 0.3) is 61.2 Å². The van der Waals surface area contributed by atoms with Gasteiger partial charge in [0.05, 0.1) is 21.4 Å². The van der Waals surface area contributed by atoms with E-state index >= 15 is 0 Å². The Morgan fingerprint density at radius 2 is 1.25 bits per heavy atom. The molecule has 52 heavy (non-hydrogen) atoms. The van der Waals surface area contributed by atoms with E-state index in [4.69, 9.17) is 24.1 Å². The van der Waals surface area contributed by atoms with Gasteiger partial charge >= 0.3 is 0 Å². The van der Waals surface area contributed by atoms with Crippen LogP contribution < -0.4 is 4.74 Å². The van der Waals surface area contributed by atoms with Crippen LogP contribution in [0.5, 0.6) is 5.75 Å². The van der Waals surface area contributed by atoms with Crippen molar-refractivity contribution in [3.8, 4) is 57.1 Å². The summed E-state index contributed by atoms with van der Waals surface area (Å²) in [7, 11) is 0. The number of aromatic nitrogens is 3. The Morgan fingerprint density at radius 3 is 2.00 bits per heavy atom. The second kappa shape index (κ2) is 10.9. The number of allylic oxidation sites excluding steroid dienone is 1. The van der Waals surface area contributed by atoms with Crippen molar-refractivity contribution in [3.63, 3.8) is 0 Å². The average molecular weight is 685 g/mol. The van der Waals surface area contributed by atoms with E-state index in [1.165, 1.54) is 0 Å². The van der Waals surface area contributed by atoms with Crippen LogP contribution in [0.2, 0.25) is 0 Å². The molecular formula is C45H24N4O2S. The molecule has 1 atom stereocenters. The van der Waals surface area contributed by atoms with E-state index in [1.54, 1.807) is 11.8 Å². The number of nitrogens with zero attached hydrogens (tertiary/aromatic N) is 4. The fourth-order valence-corrected chi connectivity index (χ4v) is 9.16. The molecule has 0 amide bonds. The van der Waals surface area contributed by atoms with Crippen molar-refractivity contribution in [1.29, 1.82) is 5.26 Å². The maximum Gasteiger partial charge on any atom is 0.164 e. The smallest absolute Gasteiger partial charge is 0.164 e. The van der Waals surface area contributed by atoms with Gasteiger partial charge in [0, 0.05) is 27.6 Å². The summed E-state index contributed by atoms with van der Waals surface area (Å²) in [4.78, 5) is 16.9. The number of hydrogen-bond donors (Lipinski definition) is 0. The molecule has 3 aliphatic rings. The van der Waals surface area contributed by atoms with E-state index in [-0.39, 0.29) is 0 Å². The molecule has 242 valence electrons. The van der Waals surface area contributed by atoms with E-state index in [0.29, 0.717) is 23.0 Å². The molecule has 11 rings (SSSR count). The van der Waals surface area contributed by atoms with Crippen LogP contribution in [-0.2, 0) is 5.41 Å². The molecule has 1 unspecified atom stereocenters. The first-order chi connectivity index (χ1) is 25.7. The first kappa shape index (κ1) is 29.0. The Balaban J connectivity index is 1.16. The van der Waals surface area contributed by atoms with Crippen LogP contribution in [0.4, 0.5) is 0 Å². The summed E-state index contributed by atoms with van der Waals surface area (Å²) in [6, 6.07) is 51.2. The summed E-state index contributed by atoms with van der Waals surface area (Å²) >= 11 is 1.65. The van der Waals surface area contributed by atoms with Crippen LogP contribution >= 0.6 is 11.8 Å². The molecular weight excluding hydrogens is 661 g/mol. The molecule has 0 saturated heterocycles. The first-order valence-corrected chi connectivity index (χ1v) is 17.8. The fourth-order valence-electron chi connectivity index (χ4n) is 7.95. The van der Waals surface area contributed by atoms with Gasteiger partial charge in [-0.25, -0.2) is 15.0 Å². The number of nitriles is 1. The highest BCUT2D eigenvalue weighted by atomic mass is 32.2. The third kappa shape index (κ3) is 3.98. The van der Waals surface area contributed by atoms with Crippen molar-refractivity contribution in [2.45, 2.75) is 10.3 Å². The van der Waals surface area contributed by atoms with E-state index < -0.39 is 5.41 Å². The number of fused-ring (bicyclic) bond motifs is 12. The van der Waals surface area contributed by atoms with Gasteiger partial charge in [0.25, 0.3) is 0 Å². The highest BCUT2D eigenvalue weighted by Crippen LogP contribution is 2.67. The molecule has 0 fully saturated rings. The number of furan rings is 1. The lowest BCUT2D eigenvalue weighted by atomic mass is 9.76. The fraction of sp³-hybridized carbons (Fsp3) is 0.0222. The van der Waals surface area contributed by atoms with Crippen molar-refractivity contribution < 1.29 is 9.15 Å². The largest absolute Gasteiger partial charge is 0.459 e. The molecule has 0 radical (unpaired) electrons. The molecule has 0 saturated carbocycles. The zero-order valence-corrected chi connectivity index (χ0v) is 28.2. The standard InChI is InChI=1S/C45H24N4O2S/c46-25-26-19-22-36-37(23-26)52-39-38-31-16-8-10-18-35(31)50-40(38)45(41(39)51-36)33-17-9-7-15-30(33)32-24-29(20-21-34(32)45)44-48-42(27-11-3-1-4-12-27)47-43(49-44)28-13-5-2-6-14-28/h1-24H. The van der Waals surface area contributed by atoms with Crippen LogP contribution in [0.3, 0.4) is 0 Å². The molecule has 6 nitrogen and oxygen atoms in total. The highest BCUT2D eigenvalue weighted by Gasteiger charge is 2.59. The first-order valence-electron chi connectivity index (χ1n) is 17.0. The summed E-state index contributed by atoms with van der Waals surface area (Å²) in [6.45, 7) is 0. The minimum Gasteiger partial charge on any atom is -0.459 e. The maximum absolute atomic E-state index is 9.69. The summed E-state index contributed by atoms with van der Waals surface area (Å²) in [6.07, 6.45) is 0. The molecule has 1 spiro atoms. The number of benzene rings is 6. The third-order valence-electron chi connectivity index (χ3n) is 10.2. The predicted octanol–water partition coefficient (Wildman–Crippen LogP) is 10.7. The Hall–Kier alpha value is -6.75. The van der Waals surface area contributed by atoms with Gasteiger partial charge in [0.15, 0.2) is 17.5 Å². The molecule has 0 bridgehead atoms. The molecule has 7 heteroatoms. The lowest BCUT2D eigenvalue weighted by molar-refractivity contribution is 0.343. The number of thioether (sulfide) groups is 1. The molecule has 3 heterocycles. The van der Waals surface area contributed by atoms with Crippen LogP contribution in [0, 0.1) is 11.3 Å². The summed E-state index contributed by atoms with van der Waals surface area (Å²) in [5, 5.41) is 10.7. The molecule has 6 aromatic carbocycles. The van der Waals surface area contributed by atoms with Crippen molar-refractivity contribution in [2.24, 2.45) is 0 Å². The summed E-state index contributed by atoms with van der Waals surface area (Å²) in [5.74, 6) is 4.22. The number of ether oxygens (including phenoxy) is 1. The number of para-hydroxylation sites is 1. The van der Waals surface area contributed by atoms with Crippen molar-refractivity contribution in [1.82, 2.24) is 15.0 Å². The minimum atomic E-state index is -0.837. The van der Waals surface area contributed by atoms with E-state index in [9.17, 15) is 5.26 Å². The van der Waals surface area contributed by atoms with Gasteiger partial charge in [-0.05, 0) is 52.6 Å². The Labute approximate surface area is 302 Å². The predicted molar refractivity (Wildman–Crippen MR) is 202 cm³/mol. The van der Waals surface area contributed by atoms with E-state index in [2.05, 4.69) is 54.6 Å². The van der Waals surface area contributed by atoms with Gasteiger partial charge in [-0.1, -0.05) is 127 Å². The molecule has 2 aromatic heterocycles. The van der Waals surface area contributed by atoms with Gasteiger partial charge in [-0.2, -0.15) is 5.26 Å². The van der Waals surface area contributed by atoms with E-state index in [1.807, 2.05) is 97.1 Å². The van der Waals surface area contributed by atoms with Crippen LogP contribution in [0.1, 0.15) is 28.0 Å². The second-order valence-corrected chi connectivity index (χ2v) is 14.1. The molecule has 8 aromatic rings. The monoisotopic (exact) mass is 684 g/mol. The van der Waals surface area contributed by atoms with Gasteiger partial charge < -0.3 is 9.15 Å². The summed E-state index contributed by atoms with van der Waals surface area (Å²) in [5.41, 5.74) is 8.67. The van der Waals surface area contributed by atoms with Gasteiger partial charge in [-0.3, -0.25) is 0 Å². The van der Waals surface area contributed by atoms with E-state index in [0.717, 1.165) is 82.5 Å². The van der Waals surface area contributed by atoms with Crippen molar-refractivity contribution in [2.75, 3.05) is 0 Å². The zero-order chi connectivity index (χ0) is 34.4. The Kier molecular flexibility index (Phi) is 6.07. The summed E-state index contributed by atoms with van der Waals surface area (Å²) < 4.78 is 13.9. The number of rotatable bonds is 3. The van der Waals surface area contributed by atoms with Gasteiger partial charge in [0.1, 0.15) is 28.3 Å². The topological polar surface area (TPSA) is 84.8 Å². The normalized spacial score (nSPS) is 16.1. The average Bonchev–Trinajstić information content (AvgIpc) is 3.83. The quantitative estimate of drug-likeness (QED) is 0.183. The van der Waals surface area contributed by atoms with Crippen LogP contribution in [-0.4, -0.2) is 15.0 Å². The lowest BCUT2D eigenvalue weighted by Gasteiger charge is -2.31. The SMILES string of the molecule is N#Cc1ccc2c(c1)SC1=C(O2)C2(c3ccccc3-c3cc(-c4nc(-c5ccccc5)nc(-c5ccccc5)n4)ccc32)c2oc3ccccc3c21. The molecule has 0 N–H and O–H groups in total. The molecule has 2 aliphatic carbocycles.